The summed E-state index contributed by atoms with van der Waals surface area (Å²) in [7, 11) is 0. The molecule has 1 aliphatic heterocycles. The number of hydrogen-bond acceptors (Lipinski definition) is 2. The number of carbonyl (C=O) groups is 1. The van der Waals surface area contributed by atoms with Gasteiger partial charge in [-0.2, -0.15) is 0 Å². The first-order chi connectivity index (χ1) is 3.80. The second-order valence-electron chi connectivity index (χ2n) is 1.72. The van der Waals surface area contributed by atoms with Crippen molar-refractivity contribution >= 4 is 12.2 Å². The van der Waals surface area contributed by atoms with E-state index in [0.29, 0.717) is 6.54 Å². The number of hydrogen-bond donors (Lipinski definition) is 1. The normalized spacial score (nSPS) is 20.9. The quantitative estimate of drug-likeness (QED) is 0.439. The van der Waals surface area contributed by atoms with Crippen molar-refractivity contribution in [2.24, 2.45) is 0 Å². The molecular weight excluding hydrogens is 104 g/mol. The minimum absolute atomic E-state index is 0.108. The van der Waals surface area contributed by atoms with Crippen molar-refractivity contribution in [3.05, 3.63) is 5.92 Å². The Hall–Kier alpha value is -0.860. The van der Waals surface area contributed by atoms with Crippen LogP contribution in [0.3, 0.4) is 0 Å². The molecule has 0 fully saturated rings. The van der Waals surface area contributed by atoms with Crippen LogP contribution in [-0.4, -0.2) is 18.8 Å². The van der Waals surface area contributed by atoms with E-state index in [2.05, 4.69) is 10.3 Å². The highest BCUT2D eigenvalue weighted by Gasteiger charge is 2.22. The molecule has 0 aromatic heterocycles. The fraction of sp³-hybridized carbons (Fsp3) is 0.400. The molecule has 1 N–H and O–H groups in total. The average Bonchev–Trinajstić information content (AvgIpc) is 1.77. The lowest BCUT2D eigenvalue weighted by Gasteiger charge is -2.00. The van der Waals surface area contributed by atoms with Crippen molar-refractivity contribution in [1.82, 2.24) is 10.3 Å². The fourth-order valence-electron chi connectivity index (χ4n) is 0.489. The van der Waals surface area contributed by atoms with Crippen LogP contribution in [0.2, 0.25) is 0 Å². The van der Waals surface area contributed by atoms with Crippen molar-refractivity contribution in [3.8, 4) is 0 Å². The number of rotatable bonds is 0. The first kappa shape index (κ1) is 5.28. The van der Waals surface area contributed by atoms with E-state index in [1.165, 1.54) is 6.34 Å². The summed E-state index contributed by atoms with van der Waals surface area (Å²) in [5.41, 5.74) is 0. The summed E-state index contributed by atoms with van der Waals surface area (Å²) >= 11 is 0. The number of carbonyl (C=O) groups excluding carboxylic acids is 1. The van der Waals surface area contributed by atoms with E-state index >= 15 is 0 Å². The fourth-order valence-corrected chi connectivity index (χ4v) is 0.489. The lowest BCUT2D eigenvalue weighted by Crippen LogP contribution is -2.34. The maximum absolute atomic E-state index is 10.5. The van der Waals surface area contributed by atoms with E-state index in [1.807, 2.05) is 0 Å². The van der Waals surface area contributed by atoms with Gasteiger partial charge in [-0.05, 0) is 11.9 Å². The molecule has 2 radical (unpaired) electrons. The molecule has 1 amide bonds. The van der Waals surface area contributed by atoms with Crippen molar-refractivity contribution < 1.29 is 4.79 Å². The van der Waals surface area contributed by atoms with E-state index in [-0.39, 0.29) is 5.91 Å². The monoisotopic (exact) mass is 111 g/mol. The minimum atomic E-state index is -0.108. The topological polar surface area (TPSA) is 43.2 Å². The predicted molar refractivity (Wildman–Crippen MR) is 30.1 cm³/mol. The van der Waals surface area contributed by atoms with E-state index in [1.54, 1.807) is 6.92 Å². The van der Waals surface area contributed by atoms with Gasteiger partial charge in [0, 0.05) is 0 Å². The van der Waals surface area contributed by atoms with Gasteiger partial charge in [-0.15, -0.1) is 0 Å². The third-order valence-corrected chi connectivity index (χ3v) is 1.01. The summed E-state index contributed by atoms with van der Waals surface area (Å²) in [4.78, 5) is 14.0. The Morgan fingerprint density at radius 2 is 2.62 bits per heavy atom. The maximum Gasteiger partial charge on any atom is 0.362 e. The van der Waals surface area contributed by atoms with Gasteiger partial charge in [-0.25, -0.2) is 4.79 Å². The number of amides is 1. The number of nitrogens with zero attached hydrogens (tertiary/aromatic N) is 1. The first-order valence-corrected chi connectivity index (χ1v) is 2.43. The molecule has 0 spiro atoms. The van der Waals surface area contributed by atoms with E-state index in [0.717, 1.165) is 5.92 Å². The highest BCUT2D eigenvalue weighted by Crippen LogP contribution is 1.95. The summed E-state index contributed by atoms with van der Waals surface area (Å²) < 4.78 is 0. The highest BCUT2D eigenvalue weighted by atomic mass is 16.1. The minimum Gasteiger partial charge on any atom is -0.276 e. The predicted octanol–water partition coefficient (Wildman–Crippen LogP) is -0.925. The van der Waals surface area contributed by atoms with Gasteiger partial charge in [0.15, 0.2) is 0 Å². The lowest BCUT2D eigenvalue weighted by atomic mass is 10.1. The SMILES string of the molecule is C[C]1CNC=[N+]C1=O. The zero-order chi connectivity index (χ0) is 5.98. The summed E-state index contributed by atoms with van der Waals surface area (Å²) in [6.45, 7) is 2.41. The van der Waals surface area contributed by atoms with E-state index in [4.69, 9.17) is 0 Å². The molecule has 0 aromatic rings. The molecule has 0 unspecified atom stereocenters. The largest absolute Gasteiger partial charge is 0.362 e. The van der Waals surface area contributed by atoms with Crippen LogP contribution in [0.4, 0.5) is 0 Å². The molecule has 0 atom stereocenters. The summed E-state index contributed by atoms with van der Waals surface area (Å²) in [6, 6.07) is 0. The van der Waals surface area contributed by atoms with Gasteiger partial charge < -0.3 is 0 Å². The van der Waals surface area contributed by atoms with Gasteiger partial charge >= 0.3 is 5.91 Å². The van der Waals surface area contributed by atoms with Gasteiger partial charge in [0.1, 0.15) is 12.5 Å². The van der Waals surface area contributed by atoms with Gasteiger partial charge in [0.25, 0.3) is 6.34 Å². The Labute approximate surface area is 47.8 Å². The molecule has 0 saturated carbocycles. The number of aliphatic imine (C=N–C) groups is 1. The van der Waals surface area contributed by atoms with Crippen molar-refractivity contribution in [3.63, 3.8) is 0 Å². The maximum atomic E-state index is 10.5. The van der Waals surface area contributed by atoms with Crippen LogP contribution in [0.25, 0.3) is 0 Å². The Bertz CT molecular complexity index is 130. The van der Waals surface area contributed by atoms with Crippen LogP contribution < -0.4 is 10.3 Å². The summed E-state index contributed by atoms with van der Waals surface area (Å²) in [5, 5.41) is 2.82. The van der Waals surface area contributed by atoms with Crippen LogP contribution in [-0.2, 0) is 4.79 Å². The third kappa shape index (κ3) is 0.857. The molecule has 42 valence electrons. The van der Waals surface area contributed by atoms with E-state index in [9.17, 15) is 4.79 Å². The van der Waals surface area contributed by atoms with Gasteiger partial charge in [0.2, 0.25) is 0 Å². The van der Waals surface area contributed by atoms with Crippen LogP contribution in [0.5, 0.6) is 0 Å². The van der Waals surface area contributed by atoms with Crippen LogP contribution in [0.1, 0.15) is 6.92 Å². The second-order valence-corrected chi connectivity index (χ2v) is 1.72. The Morgan fingerprint density at radius 3 is 3.00 bits per heavy atom. The van der Waals surface area contributed by atoms with Gasteiger partial charge in [-0.1, -0.05) is 0 Å². The van der Waals surface area contributed by atoms with Crippen molar-refractivity contribution in [2.75, 3.05) is 6.54 Å². The Kier molecular flexibility index (Phi) is 1.28. The third-order valence-electron chi connectivity index (χ3n) is 1.01. The first-order valence-electron chi connectivity index (χ1n) is 2.43. The van der Waals surface area contributed by atoms with Crippen molar-refractivity contribution in [1.29, 1.82) is 0 Å². The molecule has 1 rings (SSSR count). The molecule has 0 aromatic carbocycles. The van der Waals surface area contributed by atoms with Gasteiger partial charge in [-0.3, -0.25) is 5.32 Å². The smallest absolute Gasteiger partial charge is 0.276 e. The molecule has 8 heavy (non-hydrogen) atoms. The lowest BCUT2D eigenvalue weighted by molar-refractivity contribution is -0.117. The Morgan fingerprint density at radius 1 is 1.88 bits per heavy atom. The molecule has 0 aliphatic carbocycles. The standard InChI is InChI=1S/C5H7N2O/c1-4-2-6-3-7-5(4)8/h3,6H,2H2,1H3/q+1. The summed E-state index contributed by atoms with van der Waals surface area (Å²) in [5.74, 6) is 0.663. The zero-order valence-corrected chi connectivity index (χ0v) is 4.64. The number of nitrogens with one attached hydrogen (secondary N) is 1. The molecular formula is C5H7N2O+. The van der Waals surface area contributed by atoms with Crippen LogP contribution in [0, 0.1) is 5.92 Å². The molecule has 0 saturated heterocycles. The molecule has 1 heterocycles. The molecule has 3 nitrogen and oxygen atoms in total. The van der Waals surface area contributed by atoms with Crippen molar-refractivity contribution in [2.45, 2.75) is 6.92 Å². The molecule has 0 bridgehead atoms. The molecule has 3 heteroatoms. The Balaban J connectivity index is 2.60. The highest BCUT2D eigenvalue weighted by molar-refractivity contribution is 5.94. The molecule has 1 aliphatic rings. The summed E-state index contributed by atoms with van der Waals surface area (Å²) in [6.07, 6.45) is 1.43. The van der Waals surface area contributed by atoms with Gasteiger partial charge in [0.05, 0.1) is 0 Å². The second kappa shape index (κ2) is 1.94. The average molecular weight is 111 g/mol. The zero-order valence-electron chi connectivity index (χ0n) is 4.64. The van der Waals surface area contributed by atoms with E-state index < -0.39 is 0 Å². The van der Waals surface area contributed by atoms with Crippen LogP contribution in [0.15, 0.2) is 0 Å². The van der Waals surface area contributed by atoms with Crippen LogP contribution >= 0.6 is 0 Å².